The molecule has 1 amide bonds. The van der Waals surface area contributed by atoms with Gasteiger partial charge in [0, 0.05) is 35.6 Å². The Morgan fingerprint density at radius 3 is 2.67 bits per heavy atom. The van der Waals surface area contributed by atoms with Gasteiger partial charge in [-0.1, -0.05) is 23.9 Å². The van der Waals surface area contributed by atoms with E-state index in [0.717, 1.165) is 16.0 Å². The van der Waals surface area contributed by atoms with Gasteiger partial charge in [0.25, 0.3) is 0 Å². The Labute approximate surface area is 183 Å². The van der Waals surface area contributed by atoms with Crippen LogP contribution in [0.1, 0.15) is 23.3 Å². The summed E-state index contributed by atoms with van der Waals surface area (Å²) in [6.07, 6.45) is 5.32. The summed E-state index contributed by atoms with van der Waals surface area (Å²) >= 11 is 3.00. The first-order valence-electron chi connectivity index (χ1n) is 9.28. The first-order chi connectivity index (χ1) is 14.3. The first-order valence-corrected chi connectivity index (χ1v) is 11.4. The van der Waals surface area contributed by atoms with Crippen LogP contribution in [0.5, 0.6) is 0 Å². The fraction of sp³-hybridized carbons (Fsp3) is 0.238. The van der Waals surface area contributed by atoms with Crippen LogP contribution in [0.2, 0.25) is 0 Å². The highest BCUT2D eigenvalue weighted by Crippen LogP contribution is 2.44. The number of nitrogens with zero attached hydrogens (tertiary/aromatic N) is 3. The molecule has 0 aliphatic carbocycles. The van der Waals surface area contributed by atoms with Gasteiger partial charge in [0.15, 0.2) is 11.1 Å². The third-order valence-electron chi connectivity index (χ3n) is 5.36. The molecule has 3 aromatic rings. The zero-order chi connectivity index (χ0) is 21.5. The molecular weight excluding hydrogens is 416 g/mol. The van der Waals surface area contributed by atoms with Crippen LogP contribution in [0.25, 0.3) is 11.1 Å². The SMILES string of the molecule is CSc1ncc(C2C(=O)N(C)C(=N)N[C@]2(C)c2cc(-c3cccc(N)c3)cs2)cn1. The number of nitrogens with one attached hydrogen (secondary N) is 2. The number of aromatic nitrogens is 2. The van der Waals surface area contributed by atoms with Gasteiger partial charge in [-0.15, -0.1) is 11.3 Å². The van der Waals surface area contributed by atoms with Crippen molar-refractivity contribution >= 4 is 40.7 Å². The topological polar surface area (TPSA) is 108 Å². The number of nitrogen functional groups attached to an aromatic ring is 1. The average molecular weight is 439 g/mol. The average Bonchev–Trinajstić information content (AvgIpc) is 3.24. The minimum absolute atomic E-state index is 0.0688. The van der Waals surface area contributed by atoms with Crippen LogP contribution in [0, 0.1) is 5.41 Å². The lowest BCUT2D eigenvalue weighted by Crippen LogP contribution is -2.62. The van der Waals surface area contributed by atoms with Crippen molar-refractivity contribution in [3.63, 3.8) is 0 Å². The number of rotatable bonds is 4. The molecule has 0 saturated carbocycles. The third kappa shape index (κ3) is 3.44. The number of hydrogen-bond donors (Lipinski definition) is 3. The number of amides is 1. The van der Waals surface area contributed by atoms with Crippen molar-refractivity contribution < 1.29 is 4.79 Å². The van der Waals surface area contributed by atoms with E-state index in [2.05, 4.69) is 21.4 Å². The Morgan fingerprint density at radius 2 is 2.00 bits per heavy atom. The lowest BCUT2D eigenvalue weighted by molar-refractivity contribution is -0.131. The molecule has 0 radical (unpaired) electrons. The number of nitrogens with two attached hydrogens (primary N) is 1. The molecule has 1 saturated heterocycles. The number of anilines is 1. The van der Waals surface area contributed by atoms with Gasteiger partial charge in [0.2, 0.25) is 5.91 Å². The largest absolute Gasteiger partial charge is 0.399 e. The molecule has 1 fully saturated rings. The lowest BCUT2D eigenvalue weighted by atomic mass is 9.77. The van der Waals surface area contributed by atoms with Crippen LogP contribution in [0.3, 0.4) is 0 Å². The summed E-state index contributed by atoms with van der Waals surface area (Å²) in [7, 11) is 1.61. The van der Waals surface area contributed by atoms with E-state index in [9.17, 15) is 4.79 Å². The third-order valence-corrected chi connectivity index (χ3v) is 7.11. The van der Waals surface area contributed by atoms with Gasteiger partial charge in [-0.3, -0.25) is 15.1 Å². The predicted octanol–water partition coefficient (Wildman–Crippen LogP) is 3.50. The van der Waals surface area contributed by atoms with Crippen LogP contribution in [0.15, 0.2) is 53.3 Å². The van der Waals surface area contributed by atoms with Crippen LogP contribution < -0.4 is 11.1 Å². The maximum atomic E-state index is 13.3. The van der Waals surface area contributed by atoms with E-state index in [1.54, 1.807) is 30.8 Å². The number of likely N-dealkylation sites (N-methyl/N-ethyl adjacent to an activating group) is 1. The van der Waals surface area contributed by atoms with E-state index < -0.39 is 11.5 Å². The van der Waals surface area contributed by atoms with Gasteiger partial charge in [-0.2, -0.15) is 0 Å². The molecule has 2 aromatic heterocycles. The molecule has 7 nitrogen and oxygen atoms in total. The van der Waals surface area contributed by atoms with Gasteiger partial charge in [-0.05, 0) is 47.9 Å². The number of carbonyl (C=O) groups excluding carboxylic acids is 1. The molecule has 30 heavy (non-hydrogen) atoms. The fourth-order valence-electron chi connectivity index (χ4n) is 3.69. The Kier molecular flexibility index (Phi) is 5.25. The lowest BCUT2D eigenvalue weighted by Gasteiger charge is -2.44. The summed E-state index contributed by atoms with van der Waals surface area (Å²) < 4.78 is 0. The highest BCUT2D eigenvalue weighted by Gasteiger charge is 2.49. The summed E-state index contributed by atoms with van der Waals surface area (Å²) in [4.78, 5) is 24.3. The number of benzene rings is 1. The van der Waals surface area contributed by atoms with E-state index in [4.69, 9.17) is 11.1 Å². The van der Waals surface area contributed by atoms with Crippen molar-refractivity contribution in [3.05, 3.63) is 58.5 Å². The van der Waals surface area contributed by atoms with Crippen molar-refractivity contribution in [3.8, 4) is 11.1 Å². The quantitative estimate of drug-likeness (QED) is 0.327. The molecule has 2 atom stereocenters. The van der Waals surface area contributed by atoms with Crippen LogP contribution >= 0.6 is 23.1 Å². The number of thiophene rings is 1. The number of hydrogen-bond acceptors (Lipinski definition) is 7. The minimum atomic E-state index is -0.811. The van der Waals surface area contributed by atoms with E-state index in [0.29, 0.717) is 16.4 Å². The molecule has 9 heteroatoms. The second-order valence-corrected chi connectivity index (χ2v) is 9.02. The highest BCUT2D eigenvalue weighted by atomic mass is 32.2. The van der Waals surface area contributed by atoms with E-state index in [1.807, 2.05) is 42.8 Å². The van der Waals surface area contributed by atoms with E-state index in [1.165, 1.54) is 16.7 Å². The fourth-order valence-corrected chi connectivity index (χ4v) is 5.07. The molecule has 4 N–H and O–H groups in total. The standard InChI is InChI=1S/C21H22N6OS2/c1-21(16-8-13(11-30-16)12-5-4-6-15(22)7-12)17(18(28)27(2)19(23)26-21)14-9-24-20(29-3)25-10-14/h4-11,17H,22H2,1-3H3,(H2,23,26)/t17?,21-/m1/s1. The van der Waals surface area contributed by atoms with Gasteiger partial charge < -0.3 is 11.1 Å². The van der Waals surface area contributed by atoms with Crippen molar-refractivity contribution in [1.29, 1.82) is 5.41 Å². The van der Waals surface area contributed by atoms with Crippen molar-refractivity contribution in [2.75, 3.05) is 19.0 Å². The molecule has 154 valence electrons. The molecule has 1 unspecified atom stereocenters. The second kappa shape index (κ2) is 7.73. The zero-order valence-corrected chi connectivity index (χ0v) is 18.5. The molecule has 1 aliphatic rings. The number of thioether (sulfide) groups is 1. The van der Waals surface area contributed by atoms with Gasteiger partial charge in [0.05, 0.1) is 11.5 Å². The molecular formula is C21H22N6OS2. The number of guanidine groups is 1. The summed E-state index contributed by atoms with van der Waals surface area (Å²) in [6.45, 7) is 1.95. The maximum absolute atomic E-state index is 13.3. The Bertz CT molecular complexity index is 1110. The summed E-state index contributed by atoms with van der Waals surface area (Å²) in [6, 6.07) is 9.76. The Morgan fingerprint density at radius 1 is 1.27 bits per heavy atom. The normalized spacial score (nSPS) is 21.6. The van der Waals surface area contributed by atoms with Crippen LogP contribution in [0.4, 0.5) is 5.69 Å². The van der Waals surface area contributed by atoms with Crippen molar-refractivity contribution in [1.82, 2.24) is 20.2 Å². The zero-order valence-electron chi connectivity index (χ0n) is 16.8. The van der Waals surface area contributed by atoms with Crippen molar-refractivity contribution in [2.24, 2.45) is 0 Å². The van der Waals surface area contributed by atoms with E-state index >= 15 is 0 Å². The Hall–Kier alpha value is -2.91. The molecule has 1 aliphatic heterocycles. The predicted molar refractivity (Wildman–Crippen MR) is 122 cm³/mol. The highest BCUT2D eigenvalue weighted by molar-refractivity contribution is 7.98. The second-order valence-electron chi connectivity index (χ2n) is 7.33. The molecule has 0 spiro atoms. The van der Waals surface area contributed by atoms with Gasteiger partial charge in [-0.25, -0.2) is 9.97 Å². The van der Waals surface area contributed by atoms with E-state index in [-0.39, 0.29) is 11.9 Å². The Balaban J connectivity index is 1.79. The van der Waals surface area contributed by atoms with Gasteiger partial charge >= 0.3 is 0 Å². The minimum Gasteiger partial charge on any atom is -0.399 e. The molecule has 3 heterocycles. The molecule has 0 bridgehead atoms. The number of carbonyl (C=O) groups is 1. The van der Waals surface area contributed by atoms with Crippen LogP contribution in [-0.4, -0.2) is 40.0 Å². The monoisotopic (exact) mass is 438 g/mol. The van der Waals surface area contributed by atoms with Crippen LogP contribution in [-0.2, 0) is 10.3 Å². The smallest absolute Gasteiger partial charge is 0.239 e. The first kappa shape index (κ1) is 20.4. The van der Waals surface area contributed by atoms with Crippen molar-refractivity contribution in [2.45, 2.75) is 23.5 Å². The summed E-state index contributed by atoms with van der Waals surface area (Å²) in [5.41, 5.74) is 8.58. The summed E-state index contributed by atoms with van der Waals surface area (Å²) in [5, 5.41) is 14.2. The van der Waals surface area contributed by atoms with Gasteiger partial charge in [0.1, 0.15) is 0 Å². The molecule has 1 aromatic carbocycles. The summed E-state index contributed by atoms with van der Waals surface area (Å²) in [5.74, 6) is -0.667. The molecule has 4 rings (SSSR count). The maximum Gasteiger partial charge on any atom is 0.239 e.